The minimum absolute atomic E-state index is 0.162. The molecule has 0 saturated carbocycles. The molecule has 1 saturated heterocycles. The number of thioether (sulfide) groups is 1. The maximum Gasteiger partial charge on any atom is 0.248 e. The van der Waals surface area contributed by atoms with E-state index in [4.69, 9.17) is 9.47 Å². The molecular formula is C20H25NO4S2. The summed E-state index contributed by atoms with van der Waals surface area (Å²) >= 11 is 1.64. The number of ether oxygens (including phenoxy) is 2. The predicted octanol–water partition coefficient (Wildman–Crippen LogP) is 4.23. The van der Waals surface area contributed by atoms with Crippen LogP contribution in [-0.4, -0.2) is 38.2 Å². The molecule has 1 unspecified atom stereocenters. The van der Waals surface area contributed by atoms with Crippen LogP contribution in [0.2, 0.25) is 0 Å². The van der Waals surface area contributed by atoms with Gasteiger partial charge in [0.1, 0.15) is 16.4 Å². The van der Waals surface area contributed by atoms with E-state index in [1.54, 1.807) is 34.3 Å². The number of benzene rings is 2. The number of aryl methyl sites for hydroxylation is 1. The zero-order valence-electron chi connectivity index (χ0n) is 15.8. The first kappa shape index (κ1) is 20.0. The molecule has 2 aromatic carbocycles. The Morgan fingerprint density at radius 3 is 2.44 bits per heavy atom. The fourth-order valence-electron chi connectivity index (χ4n) is 3.04. The van der Waals surface area contributed by atoms with Crippen LogP contribution in [0, 0.1) is 6.92 Å². The third kappa shape index (κ3) is 4.25. The lowest BCUT2D eigenvalue weighted by atomic mass is 10.1. The van der Waals surface area contributed by atoms with E-state index in [1.165, 1.54) is 0 Å². The molecule has 7 heteroatoms. The van der Waals surface area contributed by atoms with Gasteiger partial charge in [-0.15, -0.1) is 11.8 Å². The molecule has 0 N–H and O–H groups in total. The summed E-state index contributed by atoms with van der Waals surface area (Å²) in [4.78, 5) is 0.162. The number of sulfonamides is 1. The highest BCUT2D eigenvalue weighted by Crippen LogP contribution is 2.43. The maximum absolute atomic E-state index is 13.5. The molecule has 0 bridgehead atoms. The minimum Gasteiger partial charge on any atom is -0.494 e. The zero-order valence-corrected chi connectivity index (χ0v) is 17.5. The van der Waals surface area contributed by atoms with Gasteiger partial charge in [-0.1, -0.05) is 29.8 Å². The molecule has 0 spiro atoms. The Morgan fingerprint density at radius 2 is 1.78 bits per heavy atom. The first-order chi connectivity index (χ1) is 13.0. The molecule has 0 radical (unpaired) electrons. The van der Waals surface area contributed by atoms with Crippen molar-refractivity contribution in [3.63, 3.8) is 0 Å². The molecular weight excluding hydrogens is 382 g/mol. The lowest BCUT2D eigenvalue weighted by molar-refractivity contribution is 0.320. The van der Waals surface area contributed by atoms with E-state index in [1.807, 2.05) is 45.0 Å². The van der Waals surface area contributed by atoms with Crippen LogP contribution in [0.1, 0.15) is 30.3 Å². The van der Waals surface area contributed by atoms with Crippen LogP contribution in [0.5, 0.6) is 11.5 Å². The Balaban J connectivity index is 2.01. The van der Waals surface area contributed by atoms with Crippen molar-refractivity contribution in [2.24, 2.45) is 0 Å². The lowest BCUT2D eigenvalue weighted by Gasteiger charge is -2.25. The fourth-order valence-corrected chi connectivity index (χ4v) is 6.43. The maximum atomic E-state index is 13.5. The summed E-state index contributed by atoms with van der Waals surface area (Å²) in [5.41, 5.74) is 2.14. The van der Waals surface area contributed by atoms with Gasteiger partial charge in [0, 0.05) is 18.4 Å². The Kier molecular flexibility index (Phi) is 6.34. The number of nitrogens with zero attached hydrogens (tertiary/aromatic N) is 1. The summed E-state index contributed by atoms with van der Waals surface area (Å²) in [6.07, 6.45) is 0. The van der Waals surface area contributed by atoms with E-state index in [-0.39, 0.29) is 10.3 Å². The molecule has 1 heterocycles. The first-order valence-corrected chi connectivity index (χ1v) is 11.6. The highest BCUT2D eigenvalue weighted by atomic mass is 32.2. The van der Waals surface area contributed by atoms with Crippen molar-refractivity contribution in [3.05, 3.63) is 53.6 Å². The van der Waals surface area contributed by atoms with Crippen LogP contribution < -0.4 is 9.47 Å². The summed E-state index contributed by atoms with van der Waals surface area (Å²) in [6.45, 7) is 7.07. The second-order valence-electron chi connectivity index (χ2n) is 6.22. The standard InChI is InChI=1S/C20H25NO4S2/c1-4-24-17-10-11-18(25-5-2)19(14-17)27(22,23)21-12-13-26-20(21)16-8-6-15(3)7-9-16/h6-11,14,20H,4-5,12-13H2,1-3H3. The Labute approximate surface area is 165 Å². The Bertz CT molecular complexity index is 881. The average Bonchev–Trinajstić information content (AvgIpc) is 3.14. The van der Waals surface area contributed by atoms with Crippen molar-refractivity contribution >= 4 is 21.8 Å². The van der Waals surface area contributed by atoms with Gasteiger partial charge in [0.25, 0.3) is 0 Å². The fraction of sp³-hybridized carbons (Fsp3) is 0.400. The zero-order chi connectivity index (χ0) is 19.4. The van der Waals surface area contributed by atoms with Gasteiger partial charge in [-0.3, -0.25) is 0 Å². The normalized spacial score (nSPS) is 17.8. The largest absolute Gasteiger partial charge is 0.494 e. The molecule has 1 atom stereocenters. The Morgan fingerprint density at radius 1 is 1.07 bits per heavy atom. The number of rotatable bonds is 7. The minimum atomic E-state index is -3.73. The van der Waals surface area contributed by atoms with Crippen LogP contribution in [0.25, 0.3) is 0 Å². The summed E-state index contributed by atoms with van der Waals surface area (Å²) in [6, 6.07) is 13.0. The molecule has 0 aromatic heterocycles. The van der Waals surface area contributed by atoms with Gasteiger partial charge < -0.3 is 9.47 Å². The van der Waals surface area contributed by atoms with Gasteiger partial charge >= 0.3 is 0 Å². The quantitative estimate of drug-likeness (QED) is 0.687. The summed E-state index contributed by atoms with van der Waals surface area (Å²) in [5, 5.41) is -0.235. The lowest BCUT2D eigenvalue weighted by Crippen LogP contribution is -2.31. The third-order valence-electron chi connectivity index (χ3n) is 4.32. The SMILES string of the molecule is CCOc1ccc(OCC)c(S(=O)(=O)N2CCSC2c2ccc(C)cc2)c1. The molecule has 5 nitrogen and oxygen atoms in total. The van der Waals surface area contributed by atoms with Crippen molar-refractivity contribution in [3.8, 4) is 11.5 Å². The van der Waals surface area contributed by atoms with Crippen molar-refractivity contribution in [1.82, 2.24) is 4.31 Å². The third-order valence-corrected chi connectivity index (χ3v) is 7.60. The first-order valence-electron chi connectivity index (χ1n) is 9.07. The average molecular weight is 408 g/mol. The van der Waals surface area contributed by atoms with E-state index in [0.717, 1.165) is 16.9 Å². The van der Waals surface area contributed by atoms with Crippen molar-refractivity contribution in [1.29, 1.82) is 0 Å². The van der Waals surface area contributed by atoms with Gasteiger partial charge in [-0.05, 0) is 38.5 Å². The topological polar surface area (TPSA) is 55.8 Å². The summed E-state index contributed by atoms with van der Waals surface area (Å²) in [5.74, 6) is 1.64. The molecule has 0 amide bonds. The monoisotopic (exact) mass is 407 g/mol. The highest BCUT2D eigenvalue weighted by Gasteiger charge is 2.38. The number of hydrogen-bond donors (Lipinski definition) is 0. The van der Waals surface area contributed by atoms with Crippen LogP contribution in [0.3, 0.4) is 0 Å². The summed E-state index contributed by atoms with van der Waals surface area (Å²) < 4.78 is 39.7. The number of hydrogen-bond acceptors (Lipinski definition) is 5. The van der Waals surface area contributed by atoms with E-state index in [9.17, 15) is 8.42 Å². The Hall–Kier alpha value is -1.70. The van der Waals surface area contributed by atoms with Gasteiger partial charge in [-0.2, -0.15) is 4.31 Å². The van der Waals surface area contributed by atoms with Crippen molar-refractivity contribution in [2.75, 3.05) is 25.5 Å². The van der Waals surface area contributed by atoms with Gasteiger partial charge in [-0.25, -0.2) is 8.42 Å². The van der Waals surface area contributed by atoms with E-state index < -0.39 is 10.0 Å². The van der Waals surface area contributed by atoms with E-state index in [0.29, 0.717) is 31.3 Å². The van der Waals surface area contributed by atoms with Crippen LogP contribution in [0.15, 0.2) is 47.4 Å². The van der Waals surface area contributed by atoms with Gasteiger partial charge in [0.2, 0.25) is 10.0 Å². The molecule has 1 aliphatic heterocycles. The van der Waals surface area contributed by atoms with Crippen LogP contribution in [-0.2, 0) is 10.0 Å². The van der Waals surface area contributed by atoms with E-state index in [2.05, 4.69) is 0 Å². The smallest absolute Gasteiger partial charge is 0.248 e. The molecule has 0 aliphatic carbocycles. The van der Waals surface area contributed by atoms with Gasteiger partial charge in [0.05, 0.1) is 18.6 Å². The molecule has 146 valence electrons. The molecule has 1 fully saturated rings. The van der Waals surface area contributed by atoms with Crippen LogP contribution in [0.4, 0.5) is 0 Å². The second-order valence-corrected chi connectivity index (χ2v) is 9.27. The van der Waals surface area contributed by atoms with E-state index >= 15 is 0 Å². The van der Waals surface area contributed by atoms with Crippen molar-refractivity contribution < 1.29 is 17.9 Å². The van der Waals surface area contributed by atoms with Crippen LogP contribution >= 0.6 is 11.8 Å². The van der Waals surface area contributed by atoms with Crippen molar-refractivity contribution in [2.45, 2.75) is 31.0 Å². The molecule has 27 heavy (non-hydrogen) atoms. The highest BCUT2D eigenvalue weighted by molar-refractivity contribution is 8.01. The van der Waals surface area contributed by atoms with Gasteiger partial charge in [0.15, 0.2) is 0 Å². The summed E-state index contributed by atoms with van der Waals surface area (Å²) in [7, 11) is -3.73. The second kappa shape index (κ2) is 8.54. The predicted molar refractivity (Wildman–Crippen MR) is 109 cm³/mol. The molecule has 2 aromatic rings. The molecule has 1 aliphatic rings. The molecule has 3 rings (SSSR count).